The van der Waals surface area contributed by atoms with Crippen LogP contribution in [-0.2, 0) is 9.84 Å². The third-order valence-electron chi connectivity index (χ3n) is 7.19. The van der Waals surface area contributed by atoms with Crippen LogP contribution in [0.1, 0.15) is 72.4 Å². The summed E-state index contributed by atoms with van der Waals surface area (Å²) < 4.78 is 28.4. The number of rotatable bonds is 6. The van der Waals surface area contributed by atoms with E-state index < -0.39 is 9.84 Å². The number of aryl methyl sites for hydroxylation is 1. The zero-order valence-corrected chi connectivity index (χ0v) is 20.9. The van der Waals surface area contributed by atoms with Crippen LogP contribution in [0.5, 0.6) is 0 Å². The Kier molecular flexibility index (Phi) is 6.16. The van der Waals surface area contributed by atoms with E-state index in [-0.39, 0.29) is 23.3 Å². The maximum absolute atomic E-state index is 13.3. The number of carbonyl (C=O) groups is 1. The molecule has 3 aromatic rings. The zero-order chi connectivity index (χ0) is 23.2. The number of carbonyl (C=O) groups excluding carboxylic acids is 1. The van der Waals surface area contributed by atoms with E-state index in [0.29, 0.717) is 23.8 Å². The Morgan fingerprint density at radius 2 is 1.82 bits per heavy atom. The summed E-state index contributed by atoms with van der Waals surface area (Å²) >= 11 is 1.52. The first-order valence-corrected chi connectivity index (χ1v) is 14.7. The van der Waals surface area contributed by atoms with Gasteiger partial charge in [0.1, 0.15) is 0 Å². The van der Waals surface area contributed by atoms with Crippen LogP contribution in [0.3, 0.4) is 0 Å². The molecule has 2 aromatic heterocycles. The van der Waals surface area contributed by atoms with Crippen LogP contribution in [0.25, 0.3) is 11.0 Å². The van der Waals surface area contributed by atoms with E-state index in [1.807, 2.05) is 32.0 Å². The van der Waals surface area contributed by atoms with Gasteiger partial charge in [0.15, 0.2) is 20.8 Å². The van der Waals surface area contributed by atoms with Crippen molar-refractivity contribution in [2.45, 2.75) is 69.6 Å². The summed E-state index contributed by atoms with van der Waals surface area (Å²) in [5.74, 6) is 0.786. The molecule has 0 amide bonds. The van der Waals surface area contributed by atoms with Gasteiger partial charge in [0.2, 0.25) is 0 Å². The predicted octanol–water partition coefficient (Wildman–Crippen LogP) is 5.29. The molecule has 176 valence electrons. The number of aromatic nitrogens is 3. The standard InChI is InChI=1S/C25H31N3O3S2/c1-17-14-21(18(2)27(17)20-12-13-33(30,31)16-20)24(29)15-32-25-26-22-10-6-7-11-23(22)28(25)19-8-4-3-5-9-19/h6-7,10-11,14,19-20H,3-5,8-9,12-13,15-16H2,1-2H3/t20-/m1/s1. The summed E-state index contributed by atoms with van der Waals surface area (Å²) in [6.45, 7) is 3.90. The number of para-hydroxylation sites is 2. The minimum absolute atomic E-state index is 0.0697. The van der Waals surface area contributed by atoms with Crippen molar-refractivity contribution in [2.24, 2.45) is 0 Å². The highest BCUT2D eigenvalue weighted by atomic mass is 32.2. The fourth-order valence-corrected chi connectivity index (χ4v) is 8.29. The summed E-state index contributed by atoms with van der Waals surface area (Å²) in [5, 5.41) is 0.923. The zero-order valence-electron chi connectivity index (χ0n) is 19.3. The minimum atomic E-state index is -2.98. The van der Waals surface area contributed by atoms with Crippen molar-refractivity contribution >= 4 is 38.4 Å². The van der Waals surface area contributed by atoms with Gasteiger partial charge in [0, 0.05) is 29.0 Å². The van der Waals surface area contributed by atoms with Gasteiger partial charge in [-0.2, -0.15) is 0 Å². The van der Waals surface area contributed by atoms with E-state index >= 15 is 0 Å². The highest BCUT2D eigenvalue weighted by molar-refractivity contribution is 7.99. The lowest BCUT2D eigenvalue weighted by atomic mass is 9.95. The molecule has 1 aliphatic heterocycles. The van der Waals surface area contributed by atoms with Crippen molar-refractivity contribution in [1.82, 2.24) is 14.1 Å². The van der Waals surface area contributed by atoms with Gasteiger partial charge in [-0.3, -0.25) is 4.79 Å². The molecule has 1 aliphatic carbocycles. The van der Waals surface area contributed by atoms with Crippen molar-refractivity contribution in [3.05, 3.63) is 47.3 Å². The van der Waals surface area contributed by atoms with Crippen molar-refractivity contribution < 1.29 is 13.2 Å². The van der Waals surface area contributed by atoms with Crippen molar-refractivity contribution in [3.8, 4) is 0 Å². The molecule has 2 aliphatic rings. The lowest BCUT2D eigenvalue weighted by Crippen LogP contribution is -2.15. The first-order chi connectivity index (χ1) is 15.8. The van der Waals surface area contributed by atoms with Gasteiger partial charge in [-0.15, -0.1) is 0 Å². The molecule has 3 heterocycles. The number of hydrogen-bond donors (Lipinski definition) is 0. The van der Waals surface area contributed by atoms with Gasteiger partial charge in [-0.25, -0.2) is 13.4 Å². The van der Waals surface area contributed by atoms with Crippen molar-refractivity contribution in [2.75, 3.05) is 17.3 Å². The maximum Gasteiger partial charge on any atom is 0.175 e. The Bertz CT molecular complexity index is 1300. The Morgan fingerprint density at radius 3 is 2.55 bits per heavy atom. The Morgan fingerprint density at radius 1 is 1.06 bits per heavy atom. The van der Waals surface area contributed by atoms with Crippen LogP contribution >= 0.6 is 11.8 Å². The highest BCUT2D eigenvalue weighted by Gasteiger charge is 2.32. The fraction of sp³-hybridized carbons (Fsp3) is 0.520. The molecule has 0 N–H and O–H groups in total. The molecule has 0 bridgehead atoms. The molecule has 1 atom stereocenters. The molecular weight excluding hydrogens is 454 g/mol. The van der Waals surface area contributed by atoms with Crippen LogP contribution < -0.4 is 0 Å². The van der Waals surface area contributed by atoms with Crippen molar-refractivity contribution in [1.29, 1.82) is 0 Å². The normalized spacial score (nSPS) is 21.1. The maximum atomic E-state index is 13.3. The van der Waals surface area contributed by atoms with Crippen LogP contribution in [0.2, 0.25) is 0 Å². The summed E-state index contributed by atoms with van der Waals surface area (Å²) in [4.78, 5) is 18.1. The molecule has 8 heteroatoms. The van der Waals surface area contributed by atoms with E-state index in [1.54, 1.807) is 0 Å². The quantitative estimate of drug-likeness (QED) is 0.350. The Hall–Kier alpha value is -2.06. The first kappa shape index (κ1) is 22.7. The summed E-state index contributed by atoms with van der Waals surface area (Å²) in [7, 11) is -2.98. The van der Waals surface area contributed by atoms with Crippen LogP contribution in [-0.4, -0.2) is 45.6 Å². The molecule has 0 radical (unpaired) electrons. The molecule has 0 unspecified atom stereocenters. The van der Waals surface area contributed by atoms with E-state index in [0.717, 1.165) is 40.4 Å². The lowest BCUT2D eigenvalue weighted by molar-refractivity contribution is 0.102. The molecule has 6 nitrogen and oxygen atoms in total. The number of Topliss-reactive ketones (excluding diaryl/α,β-unsaturated/α-hetero) is 1. The van der Waals surface area contributed by atoms with Crippen LogP contribution in [0.4, 0.5) is 0 Å². The first-order valence-electron chi connectivity index (χ1n) is 11.9. The topological polar surface area (TPSA) is 74.0 Å². The number of benzene rings is 1. The number of nitrogens with zero attached hydrogens (tertiary/aromatic N) is 3. The Balaban J connectivity index is 1.38. The number of sulfone groups is 1. The average molecular weight is 486 g/mol. The molecule has 0 spiro atoms. The number of fused-ring (bicyclic) bond motifs is 1. The van der Waals surface area contributed by atoms with Crippen molar-refractivity contribution in [3.63, 3.8) is 0 Å². The van der Waals surface area contributed by atoms with Crippen LogP contribution in [0.15, 0.2) is 35.5 Å². The van der Waals surface area contributed by atoms with Gasteiger partial charge < -0.3 is 9.13 Å². The van der Waals surface area contributed by atoms with E-state index in [1.165, 1.54) is 31.0 Å². The SMILES string of the molecule is Cc1cc(C(=O)CSc2nc3ccccc3n2C2CCCCC2)c(C)n1[C@@H]1CCS(=O)(=O)C1. The third-order valence-corrected chi connectivity index (χ3v) is 9.90. The van der Waals surface area contributed by atoms with Gasteiger partial charge in [0.25, 0.3) is 0 Å². The molecular formula is C25H31N3O3S2. The van der Waals surface area contributed by atoms with Gasteiger partial charge in [-0.1, -0.05) is 43.2 Å². The number of ketones is 1. The van der Waals surface area contributed by atoms with E-state index in [4.69, 9.17) is 4.98 Å². The van der Waals surface area contributed by atoms with Gasteiger partial charge >= 0.3 is 0 Å². The molecule has 2 fully saturated rings. The fourth-order valence-electron chi connectivity index (χ4n) is 5.62. The Labute approximate surface area is 199 Å². The second-order valence-corrected chi connectivity index (χ2v) is 12.6. The molecule has 1 saturated heterocycles. The summed E-state index contributed by atoms with van der Waals surface area (Å²) in [6, 6.07) is 10.5. The minimum Gasteiger partial charge on any atom is -0.344 e. The number of thioether (sulfide) groups is 1. The summed E-state index contributed by atoms with van der Waals surface area (Å²) in [5.41, 5.74) is 4.67. The second-order valence-electron chi connectivity index (χ2n) is 9.47. The highest BCUT2D eigenvalue weighted by Crippen LogP contribution is 2.36. The molecule has 5 rings (SSSR count). The average Bonchev–Trinajstić information content (AvgIpc) is 3.44. The second kappa shape index (κ2) is 8.95. The number of imidazole rings is 1. The smallest absolute Gasteiger partial charge is 0.175 e. The van der Waals surface area contributed by atoms with Crippen LogP contribution in [0, 0.1) is 13.8 Å². The molecule has 1 aromatic carbocycles. The lowest BCUT2D eigenvalue weighted by Gasteiger charge is -2.25. The third kappa shape index (κ3) is 4.39. The summed E-state index contributed by atoms with van der Waals surface area (Å²) in [6.07, 6.45) is 6.71. The van der Waals surface area contributed by atoms with E-state index in [9.17, 15) is 13.2 Å². The van der Waals surface area contributed by atoms with Gasteiger partial charge in [0.05, 0.1) is 28.3 Å². The molecule has 1 saturated carbocycles. The predicted molar refractivity (Wildman–Crippen MR) is 133 cm³/mol. The monoisotopic (exact) mass is 485 g/mol. The largest absolute Gasteiger partial charge is 0.344 e. The number of hydrogen-bond acceptors (Lipinski definition) is 5. The van der Waals surface area contributed by atoms with Gasteiger partial charge in [-0.05, 0) is 51.3 Å². The molecule has 33 heavy (non-hydrogen) atoms. The van der Waals surface area contributed by atoms with E-state index in [2.05, 4.69) is 21.3 Å².